The fourth-order valence-corrected chi connectivity index (χ4v) is 5.02. The van der Waals surface area contributed by atoms with Crippen molar-refractivity contribution in [1.29, 1.82) is 0 Å². The molecular weight excluding hydrogens is 332 g/mol. The molecule has 2 aromatic heterocycles. The molecule has 3 aromatic rings. The lowest BCUT2D eigenvalue weighted by Gasteiger charge is -2.35. The molecule has 3 aliphatic heterocycles. The smallest absolute Gasteiger partial charge is 0.110 e. The molecule has 0 unspecified atom stereocenters. The van der Waals surface area contributed by atoms with Crippen molar-refractivity contribution in [1.82, 2.24) is 19.2 Å². The van der Waals surface area contributed by atoms with Crippen LogP contribution in [0.3, 0.4) is 0 Å². The minimum absolute atomic E-state index is 0.647. The van der Waals surface area contributed by atoms with Gasteiger partial charge in [-0.2, -0.15) is 0 Å². The van der Waals surface area contributed by atoms with Crippen LogP contribution in [0.15, 0.2) is 54.7 Å². The van der Waals surface area contributed by atoms with Crippen LogP contribution in [0, 0.1) is 12.8 Å². The van der Waals surface area contributed by atoms with Gasteiger partial charge in [0.2, 0.25) is 0 Å². The van der Waals surface area contributed by atoms with Gasteiger partial charge in [-0.1, -0.05) is 36.4 Å². The van der Waals surface area contributed by atoms with Crippen molar-refractivity contribution in [2.75, 3.05) is 19.6 Å². The second-order valence-electron chi connectivity index (χ2n) is 8.27. The molecule has 0 spiro atoms. The normalized spacial score (nSPS) is 23.7. The van der Waals surface area contributed by atoms with Crippen molar-refractivity contribution >= 4 is 5.52 Å². The van der Waals surface area contributed by atoms with Gasteiger partial charge < -0.3 is 4.40 Å². The van der Waals surface area contributed by atoms with Crippen molar-refractivity contribution in [3.05, 3.63) is 71.8 Å². The first-order valence-electron chi connectivity index (χ1n) is 10.2. The average Bonchev–Trinajstić information content (AvgIpc) is 2.83. The molecule has 4 nitrogen and oxygen atoms in total. The highest BCUT2D eigenvalue weighted by Gasteiger charge is 2.35. The van der Waals surface area contributed by atoms with Gasteiger partial charge in [-0.15, -0.1) is 0 Å². The number of pyridine rings is 1. The number of hydrogen-bond acceptors (Lipinski definition) is 3. The van der Waals surface area contributed by atoms with E-state index in [4.69, 9.17) is 4.98 Å². The van der Waals surface area contributed by atoms with Crippen LogP contribution in [0.25, 0.3) is 5.52 Å². The average molecular weight is 361 g/mol. The Bertz CT molecular complexity index is 917. The summed E-state index contributed by atoms with van der Waals surface area (Å²) < 4.78 is 2.22. The Kier molecular flexibility index (Phi) is 4.46. The lowest BCUT2D eigenvalue weighted by molar-refractivity contribution is 0.122. The van der Waals surface area contributed by atoms with Gasteiger partial charge >= 0.3 is 0 Å². The lowest BCUT2D eigenvalue weighted by Crippen LogP contribution is -2.43. The third-order valence-electron chi connectivity index (χ3n) is 6.31. The molecular formula is C23H28N4. The van der Waals surface area contributed by atoms with Gasteiger partial charge in [0.15, 0.2) is 0 Å². The molecule has 2 atom stereocenters. The predicted molar refractivity (Wildman–Crippen MR) is 109 cm³/mol. The topological polar surface area (TPSA) is 23.8 Å². The van der Waals surface area contributed by atoms with Crippen LogP contribution in [0.1, 0.15) is 29.9 Å². The van der Waals surface area contributed by atoms with Crippen LogP contribution >= 0.6 is 0 Å². The van der Waals surface area contributed by atoms with Crippen molar-refractivity contribution in [2.45, 2.75) is 38.9 Å². The van der Waals surface area contributed by atoms with Crippen molar-refractivity contribution in [2.24, 2.45) is 5.92 Å². The van der Waals surface area contributed by atoms with Crippen LogP contribution in [0.4, 0.5) is 0 Å². The molecule has 4 heteroatoms. The summed E-state index contributed by atoms with van der Waals surface area (Å²) in [5, 5.41) is 0. The standard InChI is InChI=1S/C23H28N4/c1-18-24-22(23-9-5-6-12-27(18)23)17-26-15-20-10-11-21(26)16-25(14-20)13-19-7-3-2-4-8-19/h2-9,12,20-21H,10-11,13-17H2,1H3/t20-,21+/m0/s1. The van der Waals surface area contributed by atoms with Crippen molar-refractivity contribution in [3.8, 4) is 0 Å². The minimum Gasteiger partial charge on any atom is -0.304 e. The molecule has 3 aliphatic rings. The van der Waals surface area contributed by atoms with Gasteiger partial charge in [0.1, 0.15) is 5.82 Å². The Morgan fingerprint density at radius 2 is 1.78 bits per heavy atom. The summed E-state index contributed by atoms with van der Waals surface area (Å²) in [5.41, 5.74) is 3.92. The van der Waals surface area contributed by atoms with E-state index >= 15 is 0 Å². The number of aromatic nitrogens is 2. The zero-order chi connectivity index (χ0) is 18.2. The van der Waals surface area contributed by atoms with Crippen molar-refractivity contribution < 1.29 is 0 Å². The second-order valence-corrected chi connectivity index (χ2v) is 8.27. The van der Waals surface area contributed by atoms with Crippen LogP contribution in [-0.2, 0) is 13.1 Å². The van der Waals surface area contributed by atoms with Gasteiger partial charge in [-0.25, -0.2) is 4.98 Å². The van der Waals surface area contributed by atoms with E-state index in [1.54, 1.807) is 0 Å². The van der Waals surface area contributed by atoms with Crippen molar-refractivity contribution in [3.63, 3.8) is 0 Å². The lowest BCUT2D eigenvalue weighted by atomic mass is 9.95. The summed E-state index contributed by atoms with van der Waals surface area (Å²) >= 11 is 0. The molecule has 0 radical (unpaired) electrons. The molecule has 0 saturated carbocycles. The van der Waals surface area contributed by atoms with E-state index in [1.807, 2.05) is 0 Å². The molecule has 6 rings (SSSR count). The predicted octanol–water partition coefficient (Wildman–Crippen LogP) is 3.74. The van der Waals surface area contributed by atoms with Crippen LogP contribution in [-0.4, -0.2) is 44.9 Å². The Morgan fingerprint density at radius 3 is 2.67 bits per heavy atom. The van der Waals surface area contributed by atoms with Gasteiger partial charge in [-0.05, 0) is 43.4 Å². The van der Waals surface area contributed by atoms with E-state index in [2.05, 4.69) is 75.9 Å². The minimum atomic E-state index is 0.647. The number of rotatable bonds is 4. The zero-order valence-electron chi connectivity index (χ0n) is 16.1. The molecule has 140 valence electrons. The Labute approximate surface area is 161 Å². The number of aryl methyl sites for hydroxylation is 1. The van der Waals surface area contributed by atoms with E-state index in [9.17, 15) is 0 Å². The molecule has 2 bridgehead atoms. The number of benzene rings is 1. The fraction of sp³-hybridized carbons (Fsp3) is 0.435. The van der Waals surface area contributed by atoms with Crippen LogP contribution < -0.4 is 0 Å². The van der Waals surface area contributed by atoms with E-state index in [0.29, 0.717) is 6.04 Å². The molecule has 3 fully saturated rings. The highest BCUT2D eigenvalue weighted by molar-refractivity contribution is 5.53. The monoisotopic (exact) mass is 360 g/mol. The highest BCUT2D eigenvalue weighted by atomic mass is 15.3. The molecule has 0 amide bonds. The number of fused-ring (bicyclic) bond motifs is 5. The molecule has 0 aliphatic carbocycles. The zero-order valence-corrected chi connectivity index (χ0v) is 16.1. The quantitative estimate of drug-likeness (QED) is 0.708. The van der Waals surface area contributed by atoms with Crippen LogP contribution in [0.2, 0.25) is 0 Å². The van der Waals surface area contributed by atoms with Gasteiger partial charge in [0.25, 0.3) is 0 Å². The summed E-state index contributed by atoms with van der Waals surface area (Å²) in [6.07, 6.45) is 4.81. The maximum atomic E-state index is 4.89. The summed E-state index contributed by atoms with van der Waals surface area (Å²) in [7, 11) is 0. The first-order valence-corrected chi connectivity index (χ1v) is 10.2. The Balaban J connectivity index is 1.34. The summed E-state index contributed by atoms with van der Waals surface area (Å²) in [6.45, 7) is 7.77. The first-order chi connectivity index (χ1) is 13.3. The molecule has 27 heavy (non-hydrogen) atoms. The summed E-state index contributed by atoms with van der Waals surface area (Å²) in [6, 6.07) is 18.0. The number of piperidine rings is 1. The van der Waals surface area contributed by atoms with Gasteiger partial charge in [-0.3, -0.25) is 9.80 Å². The van der Waals surface area contributed by atoms with E-state index in [1.165, 1.54) is 49.2 Å². The molecule has 3 saturated heterocycles. The number of nitrogens with zero attached hydrogens (tertiary/aromatic N) is 4. The Hall–Kier alpha value is -2.17. The second kappa shape index (κ2) is 7.10. The number of imidazole rings is 1. The summed E-state index contributed by atoms with van der Waals surface area (Å²) in [4.78, 5) is 10.3. The SMILES string of the molecule is Cc1nc(CN2C[C@H]3CC[C@@H]2CN(Cc2ccccc2)C3)c2ccccn12. The highest BCUT2D eigenvalue weighted by Crippen LogP contribution is 2.30. The number of hydrogen-bond donors (Lipinski definition) is 0. The fourth-order valence-electron chi connectivity index (χ4n) is 5.02. The van der Waals surface area contributed by atoms with Gasteiger partial charge in [0, 0.05) is 45.0 Å². The Morgan fingerprint density at radius 1 is 0.926 bits per heavy atom. The third-order valence-corrected chi connectivity index (χ3v) is 6.31. The molecule has 5 heterocycles. The van der Waals surface area contributed by atoms with Gasteiger partial charge in [0.05, 0.1) is 11.2 Å². The molecule has 1 aromatic carbocycles. The molecule has 0 N–H and O–H groups in total. The third kappa shape index (κ3) is 3.40. The largest absolute Gasteiger partial charge is 0.304 e. The first kappa shape index (κ1) is 17.0. The maximum absolute atomic E-state index is 4.89. The maximum Gasteiger partial charge on any atom is 0.110 e. The van der Waals surface area contributed by atoms with E-state index < -0.39 is 0 Å². The van der Waals surface area contributed by atoms with E-state index in [-0.39, 0.29) is 0 Å². The van der Waals surface area contributed by atoms with Crippen LogP contribution in [0.5, 0.6) is 0 Å². The summed E-state index contributed by atoms with van der Waals surface area (Å²) in [5.74, 6) is 1.87. The van der Waals surface area contributed by atoms with E-state index in [0.717, 1.165) is 24.8 Å².